The molecule has 39 heavy (non-hydrogen) atoms. The van der Waals surface area contributed by atoms with Crippen molar-refractivity contribution in [1.29, 1.82) is 0 Å². The average molecular weight is 601 g/mol. The molecule has 1 aliphatic heterocycles. The van der Waals surface area contributed by atoms with Gasteiger partial charge in [0.15, 0.2) is 17.4 Å². The van der Waals surface area contributed by atoms with Gasteiger partial charge < -0.3 is 19.7 Å². The molecule has 0 unspecified atom stereocenters. The van der Waals surface area contributed by atoms with Gasteiger partial charge in [0.05, 0.1) is 0 Å². The van der Waals surface area contributed by atoms with Gasteiger partial charge in [-0.05, 0) is 72.8 Å². The molecular weight excluding hydrogens is 573 g/mol. The molecule has 1 fully saturated rings. The van der Waals surface area contributed by atoms with Crippen molar-refractivity contribution in [3.05, 3.63) is 99.3 Å². The monoisotopic (exact) mass is 600 g/mol. The Bertz CT molecular complexity index is 1380. The van der Waals surface area contributed by atoms with Crippen LogP contribution in [-0.2, 0) is 11.3 Å². The third kappa shape index (κ3) is 6.47. The summed E-state index contributed by atoms with van der Waals surface area (Å²) in [6.45, 7) is 1.69. The molecule has 2 aliphatic rings. The Balaban J connectivity index is 1.26. The van der Waals surface area contributed by atoms with E-state index in [0.29, 0.717) is 24.9 Å². The summed E-state index contributed by atoms with van der Waals surface area (Å²) in [5.74, 6) is -3.68. The molecule has 3 aromatic carbocycles. The van der Waals surface area contributed by atoms with Gasteiger partial charge in [-0.25, -0.2) is 8.78 Å². The molecule has 5 rings (SSSR count). The molecule has 0 atom stereocenters. The number of nitrogens with zero attached hydrogens (tertiary/aromatic N) is 1. The van der Waals surface area contributed by atoms with E-state index in [9.17, 15) is 18.0 Å². The first kappa shape index (κ1) is 27.3. The van der Waals surface area contributed by atoms with Crippen LogP contribution < -0.4 is 14.8 Å². The van der Waals surface area contributed by atoms with Crippen LogP contribution in [0, 0.1) is 17.5 Å². The third-order valence-corrected chi connectivity index (χ3v) is 7.60. The number of halogens is 4. The van der Waals surface area contributed by atoms with Crippen LogP contribution in [-0.4, -0.2) is 43.2 Å². The van der Waals surface area contributed by atoms with Crippen LogP contribution in [0.15, 0.2) is 70.7 Å². The van der Waals surface area contributed by atoms with Crippen LogP contribution in [0.5, 0.6) is 11.5 Å². The Morgan fingerprint density at radius 1 is 0.949 bits per heavy atom. The van der Waals surface area contributed by atoms with Gasteiger partial charge in [0.1, 0.15) is 19.0 Å². The summed E-state index contributed by atoms with van der Waals surface area (Å²) in [5, 5.41) is 3.35. The summed E-state index contributed by atoms with van der Waals surface area (Å²) in [6, 6.07) is 17.1. The summed E-state index contributed by atoms with van der Waals surface area (Å²) in [4.78, 5) is 15.8. The van der Waals surface area contributed by atoms with Gasteiger partial charge in [-0.3, -0.25) is 4.79 Å². The molecule has 1 N–H and O–H groups in total. The minimum Gasteiger partial charge on any atom is -0.490 e. The minimum absolute atomic E-state index is 0.0104. The zero-order valence-electron chi connectivity index (χ0n) is 21.2. The summed E-state index contributed by atoms with van der Waals surface area (Å²) < 4.78 is 52.4. The molecule has 204 valence electrons. The van der Waals surface area contributed by atoms with E-state index in [1.807, 2.05) is 41.3 Å². The summed E-state index contributed by atoms with van der Waals surface area (Å²) >= 11 is 3.61. The number of benzene rings is 3. The second kappa shape index (κ2) is 12.3. The van der Waals surface area contributed by atoms with Crippen molar-refractivity contribution in [2.24, 2.45) is 0 Å². The van der Waals surface area contributed by atoms with E-state index in [2.05, 4.69) is 21.2 Å². The summed E-state index contributed by atoms with van der Waals surface area (Å²) in [6.07, 6.45) is 2.76. The highest BCUT2D eigenvalue weighted by molar-refractivity contribution is 9.10. The first-order valence-corrected chi connectivity index (χ1v) is 13.7. The van der Waals surface area contributed by atoms with Crippen molar-refractivity contribution in [2.75, 3.05) is 26.3 Å². The molecule has 5 nitrogen and oxygen atoms in total. The molecule has 1 heterocycles. The lowest BCUT2D eigenvalue weighted by molar-refractivity contribution is -0.128. The maximum Gasteiger partial charge on any atom is 0.251 e. The van der Waals surface area contributed by atoms with Crippen molar-refractivity contribution in [1.82, 2.24) is 10.2 Å². The van der Waals surface area contributed by atoms with E-state index in [0.717, 1.165) is 58.6 Å². The molecule has 1 aliphatic carbocycles. The molecule has 0 radical (unpaired) electrons. The van der Waals surface area contributed by atoms with Crippen molar-refractivity contribution in [2.45, 2.75) is 31.8 Å². The lowest BCUT2D eigenvalue weighted by Gasteiger charge is -2.28. The van der Waals surface area contributed by atoms with Gasteiger partial charge in [-0.2, -0.15) is 4.39 Å². The van der Waals surface area contributed by atoms with Gasteiger partial charge in [-0.15, -0.1) is 0 Å². The standard InChI is InChI=1S/C30H28BrF3N2O3/c31-25-4-2-1-3-20(25)18-36(21-7-8-21)30(37)24-17-35-14-13-23(24)19-5-9-22(10-6-19)38-15-16-39-29-27(33)12-11-26(32)28(29)34/h1-6,9-12,21,35H,7-8,13-18H2. The second-order valence-electron chi connectivity index (χ2n) is 9.53. The Hall–Kier alpha value is -3.30. The number of carbonyl (C=O) groups excluding carboxylic acids is 1. The third-order valence-electron chi connectivity index (χ3n) is 6.83. The predicted molar refractivity (Wildman–Crippen MR) is 146 cm³/mol. The molecule has 1 amide bonds. The smallest absolute Gasteiger partial charge is 0.251 e. The lowest BCUT2D eigenvalue weighted by atomic mass is 9.93. The van der Waals surface area contributed by atoms with Crippen LogP contribution in [0.4, 0.5) is 13.2 Å². The highest BCUT2D eigenvalue weighted by Gasteiger charge is 2.35. The number of rotatable bonds is 10. The SMILES string of the molecule is O=C(C1=C(c2ccc(OCCOc3c(F)ccc(F)c3F)cc2)CCNC1)N(Cc1ccccc1Br)C1CC1. The Morgan fingerprint density at radius 2 is 1.67 bits per heavy atom. The summed E-state index contributed by atoms with van der Waals surface area (Å²) in [7, 11) is 0. The highest BCUT2D eigenvalue weighted by Crippen LogP contribution is 2.34. The summed E-state index contributed by atoms with van der Waals surface area (Å²) in [5.41, 5.74) is 3.82. The zero-order chi connectivity index (χ0) is 27.4. The van der Waals surface area contributed by atoms with Crippen molar-refractivity contribution >= 4 is 27.4 Å². The first-order valence-electron chi connectivity index (χ1n) is 12.9. The zero-order valence-corrected chi connectivity index (χ0v) is 22.8. The fraction of sp³-hybridized carbons (Fsp3) is 0.300. The molecule has 0 saturated heterocycles. The van der Waals surface area contributed by atoms with Gasteiger partial charge in [0, 0.05) is 29.2 Å². The van der Waals surface area contributed by atoms with E-state index in [-0.39, 0.29) is 25.2 Å². The number of nitrogens with one attached hydrogen (secondary N) is 1. The fourth-order valence-electron chi connectivity index (χ4n) is 4.64. The maximum atomic E-state index is 13.8. The van der Waals surface area contributed by atoms with E-state index in [1.165, 1.54) is 0 Å². The Morgan fingerprint density at radius 3 is 2.41 bits per heavy atom. The molecule has 0 spiro atoms. The predicted octanol–water partition coefficient (Wildman–Crippen LogP) is 6.26. The normalized spacial score (nSPS) is 15.3. The van der Waals surface area contributed by atoms with Crippen LogP contribution in [0.1, 0.15) is 30.4 Å². The van der Waals surface area contributed by atoms with Crippen LogP contribution in [0.25, 0.3) is 5.57 Å². The van der Waals surface area contributed by atoms with Crippen LogP contribution >= 0.6 is 15.9 Å². The Labute approximate surface area is 233 Å². The number of hydrogen-bond donors (Lipinski definition) is 1. The van der Waals surface area contributed by atoms with E-state index in [4.69, 9.17) is 9.47 Å². The molecule has 3 aromatic rings. The minimum atomic E-state index is -1.36. The average Bonchev–Trinajstić information content (AvgIpc) is 3.80. The molecule has 9 heteroatoms. The second-order valence-corrected chi connectivity index (χ2v) is 10.4. The number of ether oxygens (including phenoxy) is 2. The van der Waals surface area contributed by atoms with E-state index >= 15 is 0 Å². The molecule has 0 aromatic heterocycles. The van der Waals surface area contributed by atoms with Crippen molar-refractivity contribution in [3.8, 4) is 11.5 Å². The Kier molecular flexibility index (Phi) is 8.57. The van der Waals surface area contributed by atoms with Gasteiger partial charge >= 0.3 is 0 Å². The molecular formula is C30H28BrF3N2O3. The van der Waals surface area contributed by atoms with Gasteiger partial charge in [-0.1, -0.05) is 46.3 Å². The van der Waals surface area contributed by atoms with E-state index in [1.54, 1.807) is 12.1 Å². The van der Waals surface area contributed by atoms with Gasteiger partial charge in [0.25, 0.3) is 5.91 Å². The number of carbonyl (C=O) groups is 1. The van der Waals surface area contributed by atoms with Crippen LogP contribution in [0.2, 0.25) is 0 Å². The molecule has 0 bridgehead atoms. The van der Waals surface area contributed by atoms with Gasteiger partial charge in [0.2, 0.25) is 5.82 Å². The number of amides is 1. The largest absolute Gasteiger partial charge is 0.490 e. The lowest BCUT2D eigenvalue weighted by Crippen LogP contribution is -2.39. The first-order chi connectivity index (χ1) is 18.9. The van der Waals surface area contributed by atoms with E-state index < -0.39 is 23.2 Å². The maximum absolute atomic E-state index is 13.8. The number of hydrogen-bond acceptors (Lipinski definition) is 4. The van der Waals surface area contributed by atoms with Crippen molar-refractivity contribution in [3.63, 3.8) is 0 Å². The topological polar surface area (TPSA) is 50.8 Å². The fourth-order valence-corrected chi connectivity index (χ4v) is 5.05. The highest BCUT2D eigenvalue weighted by atomic mass is 79.9. The van der Waals surface area contributed by atoms with Crippen molar-refractivity contribution < 1.29 is 27.4 Å². The quantitative estimate of drug-likeness (QED) is 0.220. The van der Waals surface area contributed by atoms with Crippen LogP contribution in [0.3, 0.4) is 0 Å². The molecule has 1 saturated carbocycles.